The molecule has 0 spiro atoms. The summed E-state index contributed by atoms with van der Waals surface area (Å²) in [6.45, 7) is 0. The van der Waals surface area contributed by atoms with Gasteiger partial charge in [-0.3, -0.25) is 0 Å². The first-order valence-corrected chi connectivity index (χ1v) is 3.27. The van der Waals surface area contributed by atoms with Gasteiger partial charge in [0.1, 0.15) is 0 Å². The molecule has 0 bridgehead atoms. The molecule has 0 N–H and O–H groups in total. The zero-order chi connectivity index (χ0) is 10.9. The molecule has 5 heteroatoms. The molecular weight excluding hydrogens is 185 g/mol. The lowest BCUT2D eigenvalue weighted by Crippen LogP contribution is -2.05. The maximum absolute atomic E-state index is 12.8. The number of carbonyl (C=O) groups is 1. The number of nitrogens with zero attached hydrogens (tertiary/aromatic N) is 1. The summed E-state index contributed by atoms with van der Waals surface area (Å²) in [5.41, 5.74) is -0.536. The Kier molecular flexibility index (Phi) is 1.85. The molecule has 0 aliphatic heterocycles. The Hall–Kier alpha value is -1.16. The van der Waals surface area contributed by atoms with E-state index >= 15 is 0 Å². The van der Waals surface area contributed by atoms with E-state index in [1.807, 2.05) is 0 Å². The number of halogens is 2. The normalized spacial score (nSPS) is 11.9. The van der Waals surface area contributed by atoms with Gasteiger partial charge in [0.05, 0.1) is 9.85 Å². The van der Waals surface area contributed by atoms with Gasteiger partial charge in [0, 0.05) is 11.1 Å². The molecule has 0 aromatic carbocycles. The van der Waals surface area contributed by atoms with Crippen LogP contribution in [-0.4, -0.2) is 18.1 Å². The van der Waals surface area contributed by atoms with Crippen molar-refractivity contribution in [2.75, 3.05) is 7.11 Å². The van der Waals surface area contributed by atoms with Crippen molar-refractivity contribution in [2.24, 2.45) is 0 Å². The number of hydrogen-bond donors (Lipinski definition) is 0. The molecule has 0 saturated heterocycles. The standard InChI is InChI=1S/C7H5ClFNO2/c1-12-7(11)5-2-4(8)3-6(9)10-5/h2-3H,1H3/i2D,3D. The van der Waals surface area contributed by atoms with Crippen molar-refractivity contribution in [3.8, 4) is 0 Å². The van der Waals surface area contributed by atoms with Gasteiger partial charge >= 0.3 is 5.97 Å². The van der Waals surface area contributed by atoms with Gasteiger partial charge < -0.3 is 4.74 Å². The van der Waals surface area contributed by atoms with Crippen LogP contribution in [0.25, 0.3) is 0 Å². The van der Waals surface area contributed by atoms with E-state index in [1.54, 1.807) is 0 Å². The molecule has 0 amide bonds. The Bertz CT molecular complexity index is 400. The molecule has 0 saturated carbocycles. The average Bonchev–Trinajstić information content (AvgIpc) is 2.19. The summed E-state index contributed by atoms with van der Waals surface area (Å²) >= 11 is 5.43. The van der Waals surface area contributed by atoms with Gasteiger partial charge in [0.15, 0.2) is 5.69 Å². The maximum atomic E-state index is 12.8. The summed E-state index contributed by atoms with van der Waals surface area (Å²) in [4.78, 5) is 14.1. The number of esters is 1. The summed E-state index contributed by atoms with van der Waals surface area (Å²) in [6.07, 6.45) is 0. The molecular formula is C7H5ClFNO2. The van der Waals surface area contributed by atoms with E-state index in [0.29, 0.717) is 0 Å². The zero-order valence-corrected chi connectivity index (χ0v) is 6.78. The Morgan fingerprint density at radius 1 is 1.83 bits per heavy atom. The maximum Gasteiger partial charge on any atom is 0.356 e. The minimum atomic E-state index is -1.20. The lowest BCUT2D eigenvalue weighted by atomic mass is 10.3. The predicted octanol–water partition coefficient (Wildman–Crippen LogP) is 1.66. The number of hydrogen-bond acceptors (Lipinski definition) is 3. The van der Waals surface area contributed by atoms with E-state index in [0.717, 1.165) is 7.11 Å². The molecule has 0 atom stereocenters. The van der Waals surface area contributed by atoms with Gasteiger partial charge in [-0.2, -0.15) is 4.39 Å². The molecule has 0 radical (unpaired) electrons. The molecule has 3 nitrogen and oxygen atoms in total. The van der Waals surface area contributed by atoms with E-state index < -0.39 is 34.7 Å². The third-order valence-corrected chi connectivity index (χ3v) is 1.22. The van der Waals surface area contributed by atoms with Crippen molar-refractivity contribution >= 4 is 17.6 Å². The monoisotopic (exact) mass is 191 g/mol. The molecule has 0 fully saturated rings. The van der Waals surface area contributed by atoms with E-state index in [2.05, 4.69) is 9.72 Å². The van der Waals surface area contributed by atoms with Crippen LogP contribution in [0.3, 0.4) is 0 Å². The van der Waals surface area contributed by atoms with Gasteiger partial charge in [0.2, 0.25) is 5.95 Å². The minimum absolute atomic E-state index is 0.460. The fraction of sp³-hybridized carbons (Fsp3) is 0.143. The van der Waals surface area contributed by atoms with Crippen LogP contribution in [0.4, 0.5) is 4.39 Å². The average molecular weight is 192 g/mol. The van der Waals surface area contributed by atoms with Crippen LogP contribution in [-0.2, 0) is 4.74 Å². The fourth-order valence-electron chi connectivity index (χ4n) is 0.573. The third-order valence-electron chi connectivity index (χ3n) is 1.03. The number of rotatable bonds is 1. The molecule has 0 aliphatic carbocycles. The highest BCUT2D eigenvalue weighted by Crippen LogP contribution is 2.11. The molecule has 1 aromatic heterocycles. The van der Waals surface area contributed by atoms with E-state index in [4.69, 9.17) is 14.3 Å². The first kappa shape index (κ1) is 6.37. The van der Waals surface area contributed by atoms with Crippen molar-refractivity contribution in [1.29, 1.82) is 0 Å². The van der Waals surface area contributed by atoms with Crippen LogP contribution >= 0.6 is 11.6 Å². The van der Waals surface area contributed by atoms with Crippen LogP contribution in [0.2, 0.25) is 5.02 Å². The summed E-state index contributed by atoms with van der Waals surface area (Å²) < 4.78 is 31.4. The molecule has 12 heavy (non-hydrogen) atoms. The van der Waals surface area contributed by atoms with Crippen LogP contribution in [0.15, 0.2) is 12.1 Å². The second kappa shape index (κ2) is 3.49. The fourth-order valence-corrected chi connectivity index (χ4v) is 0.741. The molecule has 1 rings (SSSR count). The second-order valence-electron chi connectivity index (χ2n) is 1.81. The van der Waals surface area contributed by atoms with E-state index in [9.17, 15) is 9.18 Å². The van der Waals surface area contributed by atoms with Crippen molar-refractivity contribution in [1.82, 2.24) is 4.98 Å². The molecule has 0 aliphatic rings. The molecule has 1 heterocycles. The Morgan fingerprint density at radius 3 is 3.08 bits per heavy atom. The zero-order valence-electron chi connectivity index (χ0n) is 8.02. The Balaban J connectivity index is 3.40. The first-order chi connectivity index (χ1) is 6.49. The van der Waals surface area contributed by atoms with Gasteiger partial charge in [-0.15, -0.1) is 0 Å². The summed E-state index contributed by atoms with van der Waals surface area (Å²) in [6, 6.07) is -1.21. The van der Waals surface area contributed by atoms with Gasteiger partial charge in [-0.1, -0.05) is 11.6 Å². The largest absolute Gasteiger partial charge is 0.464 e. The topological polar surface area (TPSA) is 39.2 Å². The highest BCUT2D eigenvalue weighted by molar-refractivity contribution is 6.30. The number of carbonyl (C=O) groups excluding carboxylic acids is 1. The minimum Gasteiger partial charge on any atom is -0.464 e. The highest BCUT2D eigenvalue weighted by atomic mass is 35.5. The number of methoxy groups -OCH3 is 1. The smallest absolute Gasteiger partial charge is 0.356 e. The van der Waals surface area contributed by atoms with Crippen molar-refractivity contribution in [2.45, 2.75) is 0 Å². The highest BCUT2D eigenvalue weighted by Gasteiger charge is 2.09. The molecule has 1 aromatic rings. The Labute approximate surface area is 75.9 Å². The summed E-state index contributed by atoms with van der Waals surface area (Å²) in [7, 11) is 1.07. The molecule has 64 valence electrons. The van der Waals surface area contributed by atoms with E-state index in [-0.39, 0.29) is 0 Å². The van der Waals surface area contributed by atoms with Gasteiger partial charge in [0.25, 0.3) is 0 Å². The second-order valence-corrected chi connectivity index (χ2v) is 2.18. The SMILES string of the molecule is [2H]c1c(F)nc(C(=O)OC)c([2H])c1Cl. The summed E-state index contributed by atoms with van der Waals surface area (Å²) in [5.74, 6) is -2.16. The van der Waals surface area contributed by atoms with Crippen molar-refractivity contribution in [3.05, 3.63) is 28.7 Å². The van der Waals surface area contributed by atoms with Crippen molar-refractivity contribution in [3.63, 3.8) is 0 Å². The lowest BCUT2D eigenvalue weighted by Gasteiger charge is -1.98. The Morgan fingerprint density at radius 2 is 2.50 bits per heavy atom. The van der Waals surface area contributed by atoms with Crippen LogP contribution in [0.5, 0.6) is 0 Å². The van der Waals surface area contributed by atoms with Crippen LogP contribution < -0.4 is 0 Å². The number of pyridine rings is 1. The van der Waals surface area contributed by atoms with Crippen LogP contribution in [0, 0.1) is 5.95 Å². The van der Waals surface area contributed by atoms with Crippen molar-refractivity contribution < 1.29 is 16.7 Å². The van der Waals surface area contributed by atoms with Crippen LogP contribution in [0.1, 0.15) is 13.2 Å². The number of ether oxygens (including phenoxy) is 1. The predicted molar refractivity (Wildman–Crippen MR) is 40.5 cm³/mol. The first-order valence-electron chi connectivity index (χ1n) is 3.89. The quantitative estimate of drug-likeness (QED) is 0.501. The third kappa shape index (κ3) is 1.92. The number of aromatic nitrogens is 1. The molecule has 0 unspecified atom stereocenters. The summed E-state index contributed by atoms with van der Waals surface area (Å²) in [5, 5.41) is -0.460. The van der Waals surface area contributed by atoms with Gasteiger partial charge in [-0.25, -0.2) is 9.78 Å². The lowest BCUT2D eigenvalue weighted by molar-refractivity contribution is 0.0592. The van der Waals surface area contributed by atoms with E-state index in [1.165, 1.54) is 0 Å². The van der Waals surface area contributed by atoms with Gasteiger partial charge in [-0.05, 0) is 6.04 Å².